The minimum absolute atomic E-state index is 0.114. The van der Waals surface area contributed by atoms with E-state index in [9.17, 15) is 18.0 Å². The summed E-state index contributed by atoms with van der Waals surface area (Å²) < 4.78 is 34.2. The van der Waals surface area contributed by atoms with Crippen LogP contribution in [0.5, 0.6) is 11.5 Å². The fourth-order valence-electron chi connectivity index (χ4n) is 3.58. The van der Waals surface area contributed by atoms with E-state index in [4.69, 9.17) is 9.47 Å². The monoisotopic (exact) mass is 430 g/mol. The molecule has 2 aliphatic heterocycles. The predicted molar refractivity (Wildman–Crippen MR) is 109 cm³/mol. The molecule has 0 atom stereocenters. The van der Waals surface area contributed by atoms with E-state index in [1.807, 2.05) is 0 Å². The van der Waals surface area contributed by atoms with Crippen molar-refractivity contribution in [3.63, 3.8) is 0 Å². The molecule has 30 heavy (non-hydrogen) atoms. The van der Waals surface area contributed by atoms with Crippen molar-refractivity contribution in [2.24, 2.45) is 0 Å². The van der Waals surface area contributed by atoms with Gasteiger partial charge in [0.25, 0.3) is 11.8 Å². The molecule has 4 rings (SSSR count). The first kappa shape index (κ1) is 20.2. The molecule has 0 N–H and O–H groups in total. The summed E-state index contributed by atoms with van der Waals surface area (Å²) in [6.07, 6.45) is 1.75. The zero-order valence-electron chi connectivity index (χ0n) is 16.5. The van der Waals surface area contributed by atoms with Crippen molar-refractivity contribution in [1.29, 1.82) is 0 Å². The van der Waals surface area contributed by atoms with Gasteiger partial charge in [-0.3, -0.25) is 9.59 Å². The average Bonchev–Trinajstić information content (AvgIpc) is 3.07. The SMILES string of the molecule is CS(=O)(=O)c1cccc(C(=O)N2CCCN(C(=O)c3ccc4c(c3)OCO4)CC2)c1. The van der Waals surface area contributed by atoms with Crippen LogP contribution in [0, 0.1) is 0 Å². The minimum Gasteiger partial charge on any atom is -0.454 e. The quantitative estimate of drug-likeness (QED) is 0.737. The van der Waals surface area contributed by atoms with Gasteiger partial charge in [-0.1, -0.05) is 6.07 Å². The molecule has 0 radical (unpaired) electrons. The van der Waals surface area contributed by atoms with E-state index >= 15 is 0 Å². The molecule has 0 spiro atoms. The molecule has 2 aromatic rings. The summed E-state index contributed by atoms with van der Waals surface area (Å²) >= 11 is 0. The molecule has 8 nitrogen and oxygen atoms in total. The van der Waals surface area contributed by atoms with Crippen molar-refractivity contribution in [2.45, 2.75) is 11.3 Å². The van der Waals surface area contributed by atoms with Gasteiger partial charge in [0, 0.05) is 43.6 Å². The van der Waals surface area contributed by atoms with Gasteiger partial charge in [-0.15, -0.1) is 0 Å². The van der Waals surface area contributed by atoms with E-state index in [-0.39, 0.29) is 23.5 Å². The Hall–Kier alpha value is -3.07. The van der Waals surface area contributed by atoms with Crippen LogP contribution in [0.15, 0.2) is 47.4 Å². The van der Waals surface area contributed by atoms with E-state index in [1.54, 1.807) is 40.1 Å². The Kier molecular flexibility index (Phi) is 5.38. The Morgan fingerprint density at radius 3 is 2.13 bits per heavy atom. The summed E-state index contributed by atoms with van der Waals surface area (Å²) in [6.45, 7) is 1.94. The molecule has 158 valence electrons. The summed E-state index contributed by atoms with van der Waals surface area (Å²) in [5, 5.41) is 0. The number of benzene rings is 2. The molecular weight excluding hydrogens is 408 g/mol. The van der Waals surface area contributed by atoms with Crippen molar-refractivity contribution in [3.8, 4) is 11.5 Å². The number of nitrogens with zero attached hydrogens (tertiary/aromatic N) is 2. The van der Waals surface area contributed by atoms with Gasteiger partial charge in [-0.2, -0.15) is 0 Å². The normalized spacial score (nSPS) is 16.3. The van der Waals surface area contributed by atoms with E-state index in [0.29, 0.717) is 55.2 Å². The van der Waals surface area contributed by atoms with Gasteiger partial charge in [0.2, 0.25) is 6.79 Å². The van der Waals surface area contributed by atoms with Crippen molar-refractivity contribution in [1.82, 2.24) is 9.80 Å². The lowest BCUT2D eigenvalue weighted by Crippen LogP contribution is -2.37. The average molecular weight is 430 g/mol. The summed E-state index contributed by atoms with van der Waals surface area (Å²) in [6, 6.07) is 11.2. The topological polar surface area (TPSA) is 93.2 Å². The second kappa shape index (κ2) is 7.98. The van der Waals surface area contributed by atoms with Crippen LogP contribution >= 0.6 is 0 Å². The summed E-state index contributed by atoms with van der Waals surface area (Å²) in [4.78, 5) is 29.3. The third-order valence-corrected chi connectivity index (χ3v) is 6.31. The van der Waals surface area contributed by atoms with Crippen LogP contribution in [-0.2, 0) is 9.84 Å². The smallest absolute Gasteiger partial charge is 0.254 e. The number of hydrogen-bond donors (Lipinski definition) is 0. The number of hydrogen-bond acceptors (Lipinski definition) is 6. The van der Waals surface area contributed by atoms with Crippen LogP contribution < -0.4 is 9.47 Å². The molecule has 0 unspecified atom stereocenters. The van der Waals surface area contributed by atoms with Crippen LogP contribution in [-0.4, -0.2) is 69.3 Å². The van der Waals surface area contributed by atoms with Gasteiger partial charge in [0.15, 0.2) is 21.3 Å². The van der Waals surface area contributed by atoms with E-state index < -0.39 is 9.84 Å². The van der Waals surface area contributed by atoms with Gasteiger partial charge in [0.1, 0.15) is 0 Å². The molecule has 2 aromatic carbocycles. The number of carbonyl (C=O) groups is 2. The van der Waals surface area contributed by atoms with Gasteiger partial charge in [-0.05, 0) is 42.8 Å². The Morgan fingerprint density at radius 1 is 0.833 bits per heavy atom. The molecule has 0 saturated carbocycles. The fourth-order valence-corrected chi connectivity index (χ4v) is 4.24. The molecule has 9 heteroatoms. The molecule has 0 aliphatic carbocycles. The summed E-state index contributed by atoms with van der Waals surface area (Å²) in [7, 11) is -3.39. The lowest BCUT2D eigenvalue weighted by Gasteiger charge is -2.22. The summed E-state index contributed by atoms with van der Waals surface area (Å²) in [5.41, 5.74) is 0.841. The first-order valence-corrected chi connectivity index (χ1v) is 11.5. The molecular formula is C21H22N2O6S. The summed E-state index contributed by atoms with van der Waals surface area (Å²) in [5.74, 6) is 0.813. The Bertz CT molecular complexity index is 1100. The minimum atomic E-state index is -3.39. The Labute approximate surface area is 174 Å². The second-order valence-electron chi connectivity index (χ2n) is 7.31. The van der Waals surface area contributed by atoms with E-state index in [2.05, 4.69) is 0 Å². The van der Waals surface area contributed by atoms with E-state index in [0.717, 1.165) is 6.26 Å². The van der Waals surface area contributed by atoms with Crippen LogP contribution in [0.3, 0.4) is 0 Å². The van der Waals surface area contributed by atoms with Crippen molar-refractivity contribution < 1.29 is 27.5 Å². The molecule has 1 saturated heterocycles. The zero-order chi connectivity index (χ0) is 21.3. The maximum atomic E-state index is 12.9. The predicted octanol–water partition coefficient (Wildman–Crippen LogP) is 1.81. The molecule has 1 fully saturated rings. The standard InChI is InChI=1S/C21H22N2O6S/c1-30(26,27)17-5-2-4-15(12-17)20(24)22-8-3-9-23(11-10-22)21(25)16-6-7-18-19(13-16)29-14-28-18/h2,4-7,12-13H,3,8-11,14H2,1H3. The molecule has 2 amide bonds. The highest BCUT2D eigenvalue weighted by Gasteiger charge is 2.25. The molecule has 0 aromatic heterocycles. The number of amides is 2. The lowest BCUT2D eigenvalue weighted by molar-refractivity contribution is 0.0718. The molecule has 2 heterocycles. The third kappa shape index (κ3) is 4.11. The zero-order valence-corrected chi connectivity index (χ0v) is 17.4. The van der Waals surface area contributed by atoms with Crippen molar-refractivity contribution >= 4 is 21.7 Å². The highest BCUT2D eigenvalue weighted by Crippen LogP contribution is 2.32. The number of sulfone groups is 1. The highest BCUT2D eigenvalue weighted by atomic mass is 32.2. The van der Waals surface area contributed by atoms with Crippen molar-refractivity contribution in [3.05, 3.63) is 53.6 Å². The van der Waals surface area contributed by atoms with Crippen LogP contribution in [0.4, 0.5) is 0 Å². The van der Waals surface area contributed by atoms with Gasteiger partial charge >= 0.3 is 0 Å². The second-order valence-corrected chi connectivity index (χ2v) is 9.32. The van der Waals surface area contributed by atoms with Crippen LogP contribution in [0.25, 0.3) is 0 Å². The van der Waals surface area contributed by atoms with Crippen LogP contribution in [0.1, 0.15) is 27.1 Å². The fraction of sp³-hybridized carbons (Fsp3) is 0.333. The first-order valence-electron chi connectivity index (χ1n) is 9.61. The Balaban J connectivity index is 1.45. The maximum Gasteiger partial charge on any atom is 0.254 e. The molecule has 2 aliphatic rings. The largest absolute Gasteiger partial charge is 0.454 e. The number of rotatable bonds is 3. The van der Waals surface area contributed by atoms with E-state index in [1.165, 1.54) is 12.1 Å². The number of fused-ring (bicyclic) bond motifs is 1. The molecule has 0 bridgehead atoms. The Morgan fingerprint density at radius 2 is 1.47 bits per heavy atom. The first-order chi connectivity index (χ1) is 14.3. The van der Waals surface area contributed by atoms with Crippen molar-refractivity contribution in [2.75, 3.05) is 39.2 Å². The highest BCUT2D eigenvalue weighted by molar-refractivity contribution is 7.90. The van der Waals surface area contributed by atoms with Gasteiger partial charge in [-0.25, -0.2) is 8.42 Å². The number of ether oxygens (including phenoxy) is 2. The van der Waals surface area contributed by atoms with Gasteiger partial charge in [0.05, 0.1) is 4.90 Å². The lowest BCUT2D eigenvalue weighted by atomic mass is 10.1. The maximum absolute atomic E-state index is 12.9. The third-order valence-electron chi connectivity index (χ3n) is 5.20. The van der Waals surface area contributed by atoms with Crippen LogP contribution in [0.2, 0.25) is 0 Å². The van der Waals surface area contributed by atoms with Gasteiger partial charge < -0.3 is 19.3 Å². The number of carbonyl (C=O) groups excluding carboxylic acids is 2.